The number of ether oxygens (including phenoxy) is 1. The average Bonchev–Trinajstić information content (AvgIpc) is 2.82. The Labute approximate surface area is 128 Å². The molecule has 4 nitrogen and oxygen atoms in total. The van der Waals surface area contributed by atoms with Gasteiger partial charge in [0.25, 0.3) is 0 Å². The number of hydrogen-bond donors (Lipinski definition) is 0. The van der Waals surface area contributed by atoms with Gasteiger partial charge < -0.3 is 4.74 Å². The fourth-order valence-corrected chi connectivity index (χ4v) is 4.04. The lowest BCUT2D eigenvalue weighted by Gasteiger charge is -2.38. The van der Waals surface area contributed by atoms with Gasteiger partial charge in [-0.25, -0.2) is 4.39 Å². The molecule has 2 heterocycles. The molecule has 0 aliphatic carbocycles. The summed E-state index contributed by atoms with van der Waals surface area (Å²) in [5.74, 6) is -1.53. The summed E-state index contributed by atoms with van der Waals surface area (Å²) in [6, 6.07) is -0.681. The summed E-state index contributed by atoms with van der Waals surface area (Å²) in [6.45, 7) is 6.34. The first-order valence-corrected chi connectivity index (χ1v) is 7.93. The maximum absolute atomic E-state index is 13.7. The van der Waals surface area contributed by atoms with E-state index in [4.69, 9.17) is 4.74 Å². The van der Waals surface area contributed by atoms with Crippen LogP contribution in [0.15, 0.2) is 24.1 Å². The van der Waals surface area contributed by atoms with Crippen molar-refractivity contribution in [1.29, 1.82) is 0 Å². The molecule has 0 spiro atoms. The van der Waals surface area contributed by atoms with E-state index in [-0.39, 0.29) is 10.4 Å². The summed E-state index contributed by atoms with van der Waals surface area (Å²) in [5.41, 5.74) is 1.02. The molecule has 1 fully saturated rings. The maximum Gasteiger partial charge on any atom is 0.323 e. The molecule has 0 aromatic heterocycles. The first-order chi connectivity index (χ1) is 9.97. The number of halogens is 1. The van der Waals surface area contributed by atoms with Crippen LogP contribution in [0.5, 0.6) is 0 Å². The average molecular weight is 313 g/mol. The van der Waals surface area contributed by atoms with Crippen molar-refractivity contribution in [2.24, 2.45) is 5.92 Å². The normalized spacial score (nSPS) is 25.0. The Balaban J connectivity index is 2.21. The van der Waals surface area contributed by atoms with Crippen LogP contribution in [0, 0.1) is 5.92 Å². The van der Waals surface area contributed by atoms with E-state index in [1.54, 1.807) is 6.08 Å². The predicted octanol–water partition coefficient (Wildman–Crippen LogP) is 2.31. The van der Waals surface area contributed by atoms with Crippen molar-refractivity contribution in [3.8, 4) is 0 Å². The van der Waals surface area contributed by atoms with E-state index in [1.165, 1.54) is 18.9 Å². The number of esters is 1. The molecule has 0 amide bonds. The SMILES string of the molecule is C=C(F)[C@H](CC)[C@@H](C(=O)OC)N1CCC2SC(=O)C=C2C1. The van der Waals surface area contributed by atoms with E-state index < -0.39 is 23.8 Å². The van der Waals surface area contributed by atoms with Crippen molar-refractivity contribution in [3.05, 3.63) is 24.1 Å². The van der Waals surface area contributed by atoms with Gasteiger partial charge in [0.2, 0.25) is 5.12 Å². The fourth-order valence-electron chi connectivity index (χ4n) is 3.02. The fraction of sp³-hybridized carbons (Fsp3) is 0.600. The predicted molar refractivity (Wildman–Crippen MR) is 80.5 cm³/mol. The third kappa shape index (κ3) is 3.37. The highest BCUT2D eigenvalue weighted by Crippen LogP contribution is 2.36. The molecule has 0 N–H and O–H groups in total. The highest BCUT2D eigenvalue weighted by Gasteiger charge is 2.40. The van der Waals surface area contributed by atoms with E-state index in [1.807, 2.05) is 11.8 Å². The number of carbonyl (C=O) groups is 2. The summed E-state index contributed by atoms with van der Waals surface area (Å²) in [5, 5.41) is 0.272. The molecule has 1 saturated heterocycles. The first-order valence-electron chi connectivity index (χ1n) is 7.05. The molecule has 2 aliphatic heterocycles. The minimum atomic E-state index is -0.681. The van der Waals surface area contributed by atoms with Crippen molar-refractivity contribution < 1.29 is 18.7 Å². The van der Waals surface area contributed by atoms with Crippen LogP contribution in [0.2, 0.25) is 0 Å². The zero-order valence-electron chi connectivity index (χ0n) is 12.3. The van der Waals surface area contributed by atoms with Gasteiger partial charge in [0.05, 0.1) is 12.9 Å². The molecule has 0 aromatic carbocycles. The molecule has 21 heavy (non-hydrogen) atoms. The summed E-state index contributed by atoms with van der Waals surface area (Å²) < 4.78 is 18.5. The number of rotatable bonds is 5. The van der Waals surface area contributed by atoms with E-state index in [0.717, 1.165) is 12.0 Å². The van der Waals surface area contributed by atoms with Crippen LogP contribution in [0.4, 0.5) is 4.39 Å². The second kappa shape index (κ2) is 6.75. The number of hydrogen-bond acceptors (Lipinski definition) is 5. The smallest absolute Gasteiger partial charge is 0.323 e. The number of likely N-dealkylation sites (tertiary alicyclic amines) is 1. The third-order valence-electron chi connectivity index (χ3n) is 4.10. The molecular formula is C15H20FNO3S. The van der Waals surface area contributed by atoms with Crippen LogP contribution in [0.25, 0.3) is 0 Å². The first kappa shape index (κ1) is 16.2. The molecule has 6 heteroatoms. The van der Waals surface area contributed by atoms with E-state index >= 15 is 0 Å². The van der Waals surface area contributed by atoms with Crippen LogP contribution in [-0.2, 0) is 14.3 Å². The Morgan fingerprint density at radius 3 is 2.95 bits per heavy atom. The van der Waals surface area contributed by atoms with Crippen molar-refractivity contribution in [3.63, 3.8) is 0 Å². The van der Waals surface area contributed by atoms with Gasteiger partial charge in [-0.15, -0.1) is 0 Å². The molecular weight excluding hydrogens is 293 g/mol. The quantitative estimate of drug-likeness (QED) is 0.729. The summed E-state index contributed by atoms with van der Waals surface area (Å²) >= 11 is 1.33. The lowest BCUT2D eigenvalue weighted by atomic mass is 9.91. The van der Waals surface area contributed by atoms with E-state index in [2.05, 4.69) is 6.58 Å². The van der Waals surface area contributed by atoms with Gasteiger partial charge in [0, 0.05) is 24.3 Å². The van der Waals surface area contributed by atoms with Crippen molar-refractivity contribution >= 4 is 22.8 Å². The van der Waals surface area contributed by atoms with Crippen molar-refractivity contribution in [2.45, 2.75) is 31.1 Å². The Hall–Kier alpha value is -1.14. The maximum atomic E-state index is 13.7. The largest absolute Gasteiger partial charge is 0.468 e. The molecule has 0 radical (unpaired) electrons. The van der Waals surface area contributed by atoms with Crippen LogP contribution in [-0.4, -0.2) is 47.5 Å². The number of nitrogens with zero attached hydrogens (tertiary/aromatic N) is 1. The minimum Gasteiger partial charge on any atom is -0.468 e. The zero-order chi connectivity index (χ0) is 15.6. The van der Waals surface area contributed by atoms with Gasteiger partial charge in [0.15, 0.2) is 0 Å². The number of methoxy groups -OCH3 is 1. The van der Waals surface area contributed by atoms with Gasteiger partial charge in [-0.3, -0.25) is 14.5 Å². The Morgan fingerprint density at radius 2 is 2.38 bits per heavy atom. The van der Waals surface area contributed by atoms with Crippen LogP contribution < -0.4 is 0 Å². The molecule has 0 aromatic rings. The van der Waals surface area contributed by atoms with E-state index in [0.29, 0.717) is 19.5 Å². The number of piperidine rings is 1. The molecule has 116 valence electrons. The number of carbonyl (C=O) groups excluding carboxylic acids is 2. The number of fused-ring (bicyclic) bond motifs is 1. The van der Waals surface area contributed by atoms with Gasteiger partial charge in [-0.1, -0.05) is 25.3 Å². The number of thioether (sulfide) groups is 1. The Morgan fingerprint density at radius 1 is 1.67 bits per heavy atom. The van der Waals surface area contributed by atoms with Gasteiger partial charge in [0.1, 0.15) is 6.04 Å². The highest BCUT2D eigenvalue weighted by atomic mass is 32.2. The van der Waals surface area contributed by atoms with Crippen molar-refractivity contribution in [2.75, 3.05) is 20.2 Å². The minimum absolute atomic E-state index is 0.0633. The molecule has 0 bridgehead atoms. The van der Waals surface area contributed by atoms with Crippen LogP contribution >= 0.6 is 11.8 Å². The summed E-state index contributed by atoms with van der Waals surface area (Å²) in [4.78, 5) is 25.5. The Kier molecular flexibility index (Phi) is 5.22. The van der Waals surface area contributed by atoms with Crippen molar-refractivity contribution in [1.82, 2.24) is 4.90 Å². The van der Waals surface area contributed by atoms with Crippen LogP contribution in [0.1, 0.15) is 19.8 Å². The van der Waals surface area contributed by atoms with Crippen LogP contribution in [0.3, 0.4) is 0 Å². The Bertz CT molecular complexity index is 491. The van der Waals surface area contributed by atoms with Gasteiger partial charge >= 0.3 is 5.97 Å². The van der Waals surface area contributed by atoms with E-state index in [9.17, 15) is 14.0 Å². The topological polar surface area (TPSA) is 46.6 Å². The summed E-state index contributed by atoms with van der Waals surface area (Å²) in [6.07, 6.45) is 2.90. The molecule has 0 saturated carbocycles. The highest BCUT2D eigenvalue weighted by molar-refractivity contribution is 8.15. The molecule has 3 atom stereocenters. The molecule has 1 unspecified atom stereocenters. The second-order valence-corrected chi connectivity index (χ2v) is 6.54. The lowest BCUT2D eigenvalue weighted by Crippen LogP contribution is -2.51. The monoisotopic (exact) mass is 313 g/mol. The summed E-state index contributed by atoms with van der Waals surface area (Å²) in [7, 11) is 1.31. The molecule has 2 rings (SSSR count). The third-order valence-corrected chi connectivity index (χ3v) is 5.27. The lowest BCUT2D eigenvalue weighted by molar-refractivity contribution is -0.149. The van der Waals surface area contributed by atoms with Gasteiger partial charge in [-0.2, -0.15) is 0 Å². The molecule has 2 aliphatic rings. The standard InChI is InChI=1S/C15H20FNO3S/c1-4-11(9(2)16)14(15(19)20-3)17-6-5-12-10(8-17)7-13(18)21-12/h7,11-12,14H,2,4-6,8H2,1,3H3/t11-,12?,14-/m0/s1. The zero-order valence-corrected chi connectivity index (χ0v) is 13.1. The van der Waals surface area contributed by atoms with Gasteiger partial charge in [-0.05, 0) is 24.5 Å². The second-order valence-electron chi connectivity index (χ2n) is 5.33.